The zero-order chi connectivity index (χ0) is 28.3. The maximum absolute atomic E-state index is 6.44. The molecule has 43 heavy (non-hydrogen) atoms. The topological polar surface area (TPSA) is 9.23 Å². The second-order valence-electron chi connectivity index (χ2n) is 11.2. The molecule has 0 N–H and O–H groups in total. The summed E-state index contributed by atoms with van der Waals surface area (Å²) in [5.74, 6) is 1.81. The highest BCUT2D eigenvalue weighted by Crippen LogP contribution is 2.53. The first kappa shape index (κ1) is 24.0. The average molecular weight is 547 g/mol. The van der Waals surface area contributed by atoms with Gasteiger partial charge in [0.05, 0.1) is 0 Å². The second kappa shape index (κ2) is 9.44. The second-order valence-corrected chi connectivity index (χ2v) is 11.2. The number of ether oxygens (including phenoxy) is 1. The first-order valence-corrected chi connectivity index (χ1v) is 14.8. The van der Waals surface area contributed by atoms with E-state index in [0.29, 0.717) is 0 Å². The van der Waals surface area contributed by atoms with Gasteiger partial charge in [-0.25, -0.2) is 0 Å². The van der Waals surface area contributed by atoms with Gasteiger partial charge >= 0.3 is 0 Å². The molecular formula is C42H26O. The molecule has 1 heterocycles. The molecule has 9 rings (SSSR count). The van der Waals surface area contributed by atoms with Gasteiger partial charge in [0.15, 0.2) is 0 Å². The van der Waals surface area contributed by atoms with Crippen LogP contribution in [0.5, 0.6) is 11.5 Å². The van der Waals surface area contributed by atoms with Crippen LogP contribution in [0.4, 0.5) is 0 Å². The van der Waals surface area contributed by atoms with Crippen molar-refractivity contribution in [1.29, 1.82) is 0 Å². The molecule has 0 amide bonds. The van der Waals surface area contributed by atoms with Crippen molar-refractivity contribution in [2.75, 3.05) is 0 Å². The van der Waals surface area contributed by atoms with Crippen molar-refractivity contribution in [3.63, 3.8) is 0 Å². The van der Waals surface area contributed by atoms with Crippen molar-refractivity contribution in [1.82, 2.24) is 0 Å². The molecule has 0 atom stereocenters. The SMILES string of the molecule is c1ccc(-c2cccc(-c3c4ccccc4c(-c4ccc5cccc6c5c4-c4ccccc4O6)c4ccccc34)c2)cc1. The largest absolute Gasteiger partial charge is 0.456 e. The van der Waals surface area contributed by atoms with E-state index in [2.05, 4.69) is 158 Å². The van der Waals surface area contributed by atoms with Gasteiger partial charge in [-0.05, 0) is 78.5 Å². The standard InChI is InChI=1S/C42H26O/c1-2-12-27(13-3-1)29-15-10-16-30(26-29)39-31-17-4-6-19-33(31)41(34-20-7-5-18-32(34)39)36-25-24-28-14-11-23-38-40(28)42(36)35-21-8-9-22-37(35)43-38/h1-26H. The summed E-state index contributed by atoms with van der Waals surface area (Å²) in [5.41, 5.74) is 9.80. The van der Waals surface area contributed by atoms with E-state index < -0.39 is 0 Å². The van der Waals surface area contributed by atoms with Crippen molar-refractivity contribution in [2.24, 2.45) is 0 Å². The fraction of sp³-hybridized carbons (Fsp3) is 0. The lowest BCUT2D eigenvalue weighted by Crippen LogP contribution is -1.99. The highest BCUT2D eigenvalue weighted by Gasteiger charge is 2.25. The van der Waals surface area contributed by atoms with E-state index in [4.69, 9.17) is 4.74 Å². The Labute approximate surface area is 250 Å². The van der Waals surface area contributed by atoms with Gasteiger partial charge in [-0.1, -0.05) is 140 Å². The third kappa shape index (κ3) is 3.65. The third-order valence-corrected chi connectivity index (χ3v) is 8.84. The van der Waals surface area contributed by atoms with Crippen molar-refractivity contribution in [2.45, 2.75) is 0 Å². The Morgan fingerprint density at radius 2 is 0.907 bits per heavy atom. The number of hydrogen-bond donors (Lipinski definition) is 0. The van der Waals surface area contributed by atoms with E-state index in [1.807, 2.05) is 0 Å². The molecule has 0 aliphatic carbocycles. The molecule has 0 aromatic heterocycles. The van der Waals surface area contributed by atoms with E-state index in [-0.39, 0.29) is 0 Å². The van der Waals surface area contributed by atoms with Crippen LogP contribution < -0.4 is 4.74 Å². The zero-order valence-electron chi connectivity index (χ0n) is 23.4. The van der Waals surface area contributed by atoms with Crippen molar-refractivity contribution in [3.8, 4) is 56.0 Å². The number of fused-ring (bicyclic) bond motifs is 4. The van der Waals surface area contributed by atoms with Crippen LogP contribution in [0.1, 0.15) is 0 Å². The predicted molar refractivity (Wildman–Crippen MR) is 181 cm³/mol. The molecule has 1 nitrogen and oxygen atoms in total. The molecule has 8 aromatic rings. The van der Waals surface area contributed by atoms with E-state index >= 15 is 0 Å². The Kier molecular flexibility index (Phi) is 5.27. The highest BCUT2D eigenvalue weighted by atomic mass is 16.5. The summed E-state index contributed by atoms with van der Waals surface area (Å²) in [5, 5.41) is 7.36. The Morgan fingerprint density at radius 3 is 1.67 bits per heavy atom. The first-order chi connectivity index (χ1) is 21.3. The third-order valence-electron chi connectivity index (χ3n) is 8.84. The fourth-order valence-corrected chi connectivity index (χ4v) is 7.01. The van der Waals surface area contributed by atoms with Crippen LogP contribution >= 0.6 is 0 Å². The minimum atomic E-state index is 0.901. The quantitative estimate of drug-likeness (QED) is 0.200. The summed E-state index contributed by atoms with van der Waals surface area (Å²) in [6.45, 7) is 0. The molecule has 0 spiro atoms. The van der Waals surface area contributed by atoms with Crippen LogP contribution in [0.3, 0.4) is 0 Å². The Balaban J connectivity index is 1.40. The molecule has 0 saturated heterocycles. The van der Waals surface area contributed by atoms with Crippen molar-refractivity contribution in [3.05, 3.63) is 158 Å². The van der Waals surface area contributed by atoms with Crippen LogP contribution in [-0.4, -0.2) is 0 Å². The van der Waals surface area contributed by atoms with Gasteiger partial charge in [-0.3, -0.25) is 0 Å². The minimum absolute atomic E-state index is 0.901. The maximum atomic E-state index is 6.44. The van der Waals surface area contributed by atoms with Gasteiger partial charge in [0.25, 0.3) is 0 Å². The fourth-order valence-electron chi connectivity index (χ4n) is 7.01. The van der Waals surface area contributed by atoms with Crippen LogP contribution in [0.25, 0.3) is 76.8 Å². The van der Waals surface area contributed by atoms with Gasteiger partial charge < -0.3 is 4.74 Å². The predicted octanol–water partition coefficient (Wildman–Crippen LogP) is 11.9. The lowest BCUT2D eigenvalue weighted by atomic mass is 9.81. The molecular weight excluding hydrogens is 520 g/mol. The van der Waals surface area contributed by atoms with Crippen molar-refractivity contribution >= 4 is 32.3 Å². The molecule has 8 aromatic carbocycles. The number of benzene rings is 8. The lowest BCUT2D eigenvalue weighted by molar-refractivity contribution is 0.487. The van der Waals surface area contributed by atoms with E-state index in [1.54, 1.807) is 0 Å². The zero-order valence-corrected chi connectivity index (χ0v) is 23.4. The summed E-state index contributed by atoms with van der Waals surface area (Å²) >= 11 is 0. The van der Waals surface area contributed by atoms with Crippen LogP contribution in [0, 0.1) is 0 Å². The smallest absolute Gasteiger partial charge is 0.135 e. The van der Waals surface area contributed by atoms with Gasteiger partial charge in [0, 0.05) is 16.5 Å². The van der Waals surface area contributed by atoms with Gasteiger partial charge in [-0.15, -0.1) is 0 Å². The van der Waals surface area contributed by atoms with Gasteiger partial charge in [-0.2, -0.15) is 0 Å². The highest BCUT2D eigenvalue weighted by molar-refractivity contribution is 6.24. The summed E-state index contributed by atoms with van der Waals surface area (Å²) in [4.78, 5) is 0. The Morgan fingerprint density at radius 1 is 0.326 bits per heavy atom. The van der Waals surface area contributed by atoms with E-state index in [1.165, 1.54) is 71.3 Å². The molecule has 1 aliphatic rings. The molecule has 200 valence electrons. The summed E-state index contributed by atoms with van der Waals surface area (Å²) < 4.78 is 6.44. The number of hydrogen-bond acceptors (Lipinski definition) is 1. The van der Waals surface area contributed by atoms with E-state index in [0.717, 1.165) is 17.1 Å². The summed E-state index contributed by atoms with van der Waals surface area (Å²) in [7, 11) is 0. The van der Waals surface area contributed by atoms with Crippen LogP contribution in [-0.2, 0) is 0 Å². The van der Waals surface area contributed by atoms with Crippen LogP contribution in [0.2, 0.25) is 0 Å². The summed E-state index contributed by atoms with van der Waals surface area (Å²) in [6, 6.07) is 56.7. The molecule has 0 bridgehead atoms. The van der Waals surface area contributed by atoms with E-state index in [9.17, 15) is 0 Å². The molecule has 0 fully saturated rings. The normalized spacial score (nSPS) is 11.9. The number of para-hydroxylation sites is 1. The maximum Gasteiger partial charge on any atom is 0.135 e. The molecule has 0 saturated carbocycles. The monoisotopic (exact) mass is 546 g/mol. The molecule has 0 radical (unpaired) electrons. The lowest BCUT2D eigenvalue weighted by Gasteiger charge is -2.25. The average Bonchev–Trinajstić information content (AvgIpc) is 3.08. The Bertz CT molecular complexity index is 2310. The molecule has 0 unspecified atom stereocenters. The molecule has 1 heteroatoms. The van der Waals surface area contributed by atoms with Gasteiger partial charge in [0.2, 0.25) is 0 Å². The molecule has 1 aliphatic heterocycles. The summed E-state index contributed by atoms with van der Waals surface area (Å²) in [6.07, 6.45) is 0. The number of rotatable bonds is 3. The van der Waals surface area contributed by atoms with Crippen LogP contribution in [0.15, 0.2) is 158 Å². The minimum Gasteiger partial charge on any atom is -0.456 e. The van der Waals surface area contributed by atoms with Crippen molar-refractivity contribution < 1.29 is 4.74 Å². The first-order valence-electron chi connectivity index (χ1n) is 14.8. The van der Waals surface area contributed by atoms with Gasteiger partial charge in [0.1, 0.15) is 11.5 Å². The Hall–Kier alpha value is -5.66.